The molecule has 0 aliphatic rings. The van der Waals surface area contributed by atoms with E-state index in [0.717, 1.165) is 16.9 Å². The normalized spacial score (nSPS) is 11.2. The van der Waals surface area contributed by atoms with Gasteiger partial charge in [0.25, 0.3) is 5.91 Å². The first-order valence-electron chi connectivity index (χ1n) is 7.16. The smallest absolute Gasteiger partial charge is 0.260 e. The number of aryl methyl sites for hydroxylation is 1. The summed E-state index contributed by atoms with van der Waals surface area (Å²) in [7, 11) is 0. The Hall–Kier alpha value is -3.15. The number of fused-ring (bicyclic) bond motifs is 1. The minimum Gasteiger partial charge on any atom is -0.508 e. The predicted octanol–water partition coefficient (Wildman–Crippen LogP) is 2.20. The molecule has 116 valence electrons. The third kappa shape index (κ3) is 3.37. The topological polar surface area (TPSA) is 79.5 Å². The number of imidazole rings is 1. The number of rotatable bonds is 4. The van der Waals surface area contributed by atoms with E-state index in [1.165, 1.54) is 6.21 Å². The van der Waals surface area contributed by atoms with Gasteiger partial charge < -0.3 is 9.67 Å². The van der Waals surface area contributed by atoms with Gasteiger partial charge >= 0.3 is 0 Å². The number of aromatic hydroxyl groups is 1. The van der Waals surface area contributed by atoms with Crippen LogP contribution in [0.5, 0.6) is 5.75 Å². The predicted molar refractivity (Wildman–Crippen MR) is 88.3 cm³/mol. The molecular formula is C17H16N4O2. The number of phenols is 1. The highest BCUT2D eigenvalue weighted by atomic mass is 16.3. The minimum atomic E-state index is -0.243. The molecule has 0 bridgehead atoms. The molecule has 2 aromatic carbocycles. The molecule has 6 nitrogen and oxygen atoms in total. The lowest BCUT2D eigenvalue weighted by Gasteiger charge is -2.05. The Labute approximate surface area is 133 Å². The quantitative estimate of drug-likeness (QED) is 0.573. The number of aromatic nitrogens is 2. The van der Waals surface area contributed by atoms with Crippen molar-refractivity contribution in [3.8, 4) is 5.75 Å². The molecule has 0 spiro atoms. The van der Waals surface area contributed by atoms with E-state index in [9.17, 15) is 9.90 Å². The van der Waals surface area contributed by atoms with E-state index in [0.29, 0.717) is 5.56 Å². The fraction of sp³-hybridized carbons (Fsp3) is 0.118. The van der Waals surface area contributed by atoms with Crippen LogP contribution in [0.25, 0.3) is 11.0 Å². The summed E-state index contributed by atoms with van der Waals surface area (Å²) in [6.07, 6.45) is 1.48. The highest BCUT2D eigenvalue weighted by Crippen LogP contribution is 2.15. The number of phenolic OH excluding ortho intramolecular Hbond substituents is 1. The first-order valence-corrected chi connectivity index (χ1v) is 7.16. The van der Waals surface area contributed by atoms with Crippen LogP contribution in [0.15, 0.2) is 53.6 Å². The van der Waals surface area contributed by atoms with Crippen molar-refractivity contribution in [1.29, 1.82) is 0 Å². The Morgan fingerprint density at radius 3 is 2.96 bits per heavy atom. The highest BCUT2D eigenvalue weighted by Gasteiger charge is 2.09. The molecule has 0 radical (unpaired) electrons. The molecule has 1 heterocycles. The zero-order valence-electron chi connectivity index (χ0n) is 12.6. The maximum Gasteiger partial charge on any atom is 0.260 e. The van der Waals surface area contributed by atoms with Crippen LogP contribution in [-0.2, 0) is 11.3 Å². The van der Waals surface area contributed by atoms with Crippen molar-refractivity contribution >= 4 is 23.2 Å². The van der Waals surface area contributed by atoms with E-state index < -0.39 is 0 Å². The Bertz CT molecular complexity index is 883. The maximum absolute atomic E-state index is 12.0. The number of hydrogen-bond donors (Lipinski definition) is 2. The van der Waals surface area contributed by atoms with Gasteiger partial charge in [0.2, 0.25) is 0 Å². The van der Waals surface area contributed by atoms with E-state index in [4.69, 9.17) is 0 Å². The van der Waals surface area contributed by atoms with Crippen molar-refractivity contribution in [2.75, 3.05) is 0 Å². The maximum atomic E-state index is 12.0. The van der Waals surface area contributed by atoms with Gasteiger partial charge in [0, 0.05) is 0 Å². The number of para-hydroxylation sites is 2. The highest BCUT2D eigenvalue weighted by molar-refractivity contribution is 5.84. The van der Waals surface area contributed by atoms with Crippen molar-refractivity contribution in [2.24, 2.45) is 5.10 Å². The second kappa shape index (κ2) is 6.31. The summed E-state index contributed by atoms with van der Waals surface area (Å²) in [5.41, 5.74) is 4.96. The van der Waals surface area contributed by atoms with Crippen LogP contribution in [0.2, 0.25) is 0 Å². The van der Waals surface area contributed by atoms with Gasteiger partial charge in [-0.05, 0) is 36.8 Å². The second-order valence-corrected chi connectivity index (χ2v) is 5.12. The first-order chi connectivity index (χ1) is 11.1. The summed E-state index contributed by atoms with van der Waals surface area (Å²) in [4.78, 5) is 16.5. The van der Waals surface area contributed by atoms with Gasteiger partial charge in [-0.15, -0.1) is 0 Å². The Kier molecular flexibility index (Phi) is 4.05. The fourth-order valence-electron chi connectivity index (χ4n) is 2.36. The molecule has 0 aliphatic carbocycles. The number of nitrogens with one attached hydrogen (secondary N) is 1. The third-order valence-electron chi connectivity index (χ3n) is 3.42. The van der Waals surface area contributed by atoms with Gasteiger partial charge in [-0.2, -0.15) is 5.10 Å². The summed E-state index contributed by atoms with van der Waals surface area (Å²) in [5.74, 6) is 0.687. The van der Waals surface area contributed by atoms with E-state index in [-0.39, 0.29) is 18.2 Å². The minimum absolute atomic E-state index is 0.143. The van der Waals surface area contributed by atoms with Gasteiger partial charge in [0.15, 0.2) is 0 Å². The number of nitrogens with zero attached hydrogens (tertiary/aromatic N) is 3. The molecule has 0 fully saturated rings. The monoisotopic (exact) mass is 308 g/mol. The zero-order valence-corrected chi connectivity index (χ0v) is 12.6. The molecule has 0 unspecified atom stereocenters. The van der Waals surface area contributed by atoms with Crippen molar-refractivity contribution < 1.29 is 9.90 Å². The molecule has 0 saturated carbocycles. The van der Waals surface area contributed by atoms with Crippen LogP contribution in [0.4, 0.5) is 0 Å². The molecule has 3 aromatic rings. The van der Waals surface area contributed by atoms with Gasteiger partial charge in [-0.1, -0.05) is 24.3 Å². The van der Waals surface area contributed by atoms with Crippen molar-refractivity contribution in [2.45, 2.75) is 13.5 Å². The lowest BCUT2D eigenvalue weighted by Crippen LogP contribution is -2.23. The van der Waals surface area contributed by atoms with Crippen molar-refractivity contribution in [3.05, 3.63) is 59.9 Å². The zero-order chi connectivity index (χ0) is 16.2. The van der Waals surface area contributed by atoms with Crippen LogP contribution in [0, 0.1) is 6.92 Å². The van der Waals surface area contributed by atoms with Gasteiger partial charge in [-0.3, -0.25) is 4.79 Å². The first kappa shape index (κ1) is 14.8. The number of hydrazone groups is 1. The SMILES string of the molecule is Cc1nc2ccccc2n1CC(=O)N/N=C\c1cccc(O)c1. The molecule has 0 aliphatic heterocycles. The number of benzene rings is 2. The summed E-state index contributed by atoms with van der Waals surface area (Å²) in [5, 5.41) is 13.3. The standard InChI is InChI=1S/C17H16N4O2/c1-12-19-15-7-2-3-8-16(15)21(12)11-17(23)20-18-10-13-5-4-6-14(22)9-13/h2-10,22H,11H2,1H3,(H,20,23)/b18-10-. The molecule has 0 atom stereocenters. The Morgan fingerprint density at radius 1 is 1.30 bits per heavy atom. The largest absolute Gasteiger partial charge is 0.508 e. The van der Waals surface area contributed by atoms with Crippen LogP contribution < -0.4 is 5.43 Å². The molecule has 2 N–H and O–H groups in total. The lowest BCUT2D eigenvalue weighted by molar-refractivity contribution is -0.121. The molecule has 1 amide bonds. The molecule has 23 heavy (non-hydrogen) atoms. The number of amides is 1. The molecule has 0 saturated heterocycles. The second-order valence-electron chi connectivity index (χ2n) is 5.12. The van der Waals surface area contributed by atoms with E-state index in [1.54, 1.807) is 24.3 Å². The number of hydrogen-bond acceptors (Lipinski definition) is 4. The van der Waals surface area contributed by atoms with E-state index in [2.05, 4.69) is 15.5 Å². The average Bonchev–Trinajstić information content (AvgIpc) is 2.83. The van der Waals surface area contributed by atoms with Gasteiger partial charge in [0.05, 0.1) is 17.2 Å². The number of carbonyl (C=O) groups is 1. The summed E-state index contributed by atoms with van der Waals surface area (Å²) in [6, 6.07) is 14.3. The summed E-state index contributed by atoms with van der Waals surface area (Å²) in [6.45, 7) is 2.01. The van der Waals surface area contributed by atoms with E-state index >= 15 is 0 Å². The van der Waals surface area contributed by atoms with Crippen LogP contribution in [-0.4, -0.2) is 26.8 Å². The summed E-state index contributed by atoms with van der Waals surface area (Å²) < 4.78 is 1.84. The third-order valence-corrected chi connectivity index (χ3v) is 3.42. The van der Waals surface area contributed by atoms with Gasteiger partial charge in [-0.25, -0.2) is 10.4 Å². The molecule has 3 rings (SSSR count). The summed E-state index contributed by atoms with van der Waals surface area (Å²) >= 11 is 0. The molecule has 1 aromatic heterocycles. The average molecular weight is 308 g/mol. The van der Waals surface area contributed by atoms with Crippen molar-refractivity contribution in [1.82, 2.24) is 15.0 Å². The van der Waals surface area contributed by atoms with Crippen LogP contribution in [0.3, 0.4) is 0 Å². The fourth-order valence-corrected chi connectivity index (χ4v) is 2.36. The molecular weight excluding hydrogens is 292 g/mol. The van der Waals surface area contributed by atoms with Crippen molar-refractivity contribution in [3.63, 3.8) is 0 Å². The van der Waals surface area contributed by atoms with E-state index in [1.807, 2.05) is 35.8 Å². The lowest BCUT2D eigenvalue weighted by atomic mass is 10.2. The van der Waals surface area contributed by atoms with Crippen LogP contribution in [0.1, 0.15) is 11.4 Å². The molecule has 6 heteroatoms. The number of carbonyl (C=O) groups excluding carboxylic acids is 1. The Balaban J connectivity index is 1.68. The Morgan fingerprint density at radius 2 is 2.13 bits per heavy atom. The van der Waals surface area contributed by atoms with Gasteiger partial charge in [0.1, 0.15) is 18.1 Å². The van der Waals surface area contributed by atoms with Crippen LogP contribution >= 0.6 is 0 Å².